The molecule has 0 aliphatic heterocycles. The molecule has 0 spiro atoms. The predicted molar refractivity (Wildman–Crippen MR) is 84.8 cm³/mol. The molecule has 1 N–H and O–H groups in total. The van der Waals surface area contributed by atoms with Gasteiger partial charge in [-0.15, -0.1) is 0 Å². The molecule has 0 aliphatic rings. The lowest BCUT2D eigenvalue weighted by Gasteiger charge is -2.23. The summed E-state index contributed by atoms with van der Waals surface area (Å²) >= 11 is 0. The van der Waals surface area contributed by atoms with Gasteiger partial charge in [0.25, 0.3) is 0 Å². The highest BCUT2D eigenvalue weighted by Gasteiger charge is 2.10. The van der Waals surface area contributed by atoms with Crippen LogP contribution in [0.3, 0.4) is 0 Å². The Bertz CT molecular complexity index is 345. The van der Waals surface area contributed by atoms with Crippen molar-refractivity contribution in [2.75, 3.05) is 26.2 Å². The van der Waals surface area contributed by atoms with Crippen molar-refractivity contribution in [3.63, 3.8) is 0 Å². The van der Waals surface area contributed by atoms with E-state index < -0.39 is 0 Å². The van der Waals surface area contributed by atoms with Gasteiger partial charge in [-0.25, -0.2) is 0 Å². The van der Waals surface area contributed by atoms with Crippen molar-refractivity contribution in [2.45, 2.75) is 46.6 Å². The Kier molecular flexibility index (Phi) is 7.76. The Morgan fingerprint density at radius 3 is 2.47 bits per heavy atom. The molecule has 1 aromatic rings. The summed E-state index contributed by atoms with van der Waals surface area (Å²) in [4.78, 5) is 2.50. The van der Waals surface area contributed by atoms with Crippen LogP contribution in [-0.2, 0) is 6.42 Å². The second-order valence-electron chi connectivity index (χ2n) is 5.26. The van der Waals surface area contributed by atoms with Gasteiger partial charge < -0.3 is 10.2 Å². The van der Waals surface area contributed by atoms with E-state index in [4.69, 9.17) is 0 Å². The van der Waals surface area contributed by atoms with Crippen molar-refractivity contribution in [1.82, 2.24) is 10.2 Å². The molecule has 0 radical (unpaired) electrons. The zero-order valence-corrected chi connectivity index (χ0v) is 13.1. The molecule has 0 aromatic heterocycles. The molecule has 0 aliphatic carbocycles. The first-order chi connectivity index (χ1) is 9.19. The molecule has 0 fully saturated rings. The summed E-state index contributed by atoms with van der Waals surface area (Å²) in [5.41, 5.74) is 2.81. The minimum Gasteiger partial charge on any atom is -0.314 e. The maximum absolute atomic E-state index is 3.63. The highest BCUT2D eigenvalue weighted by atomic mass is 15.1. The van der Waals surface area contributed by atoms with Crippen molar-refractivity contribution in [1.29, 1.82) is 0 Å². The van der Waals surface area contributed by atoms with Crippen LogP contribution in [0.15, 0.2) is 24.3 Å². The third-order valence-electron chi connectivity index (χ3n) is 3.75. The van der Waals surface area contributed by atoms with Crippen molar-refractivity contribution in [3.05, 3.63) is 35.4 Å². The van der Waals surface area contributed by atoms with Crippen LogP contribution in [0.2, 0.25) is 0 Å². The van der Waals surface area contributed by atoms with Crippen LogP contribution in [0, 0.1) is 6.92 Å². The zero-order valence-electron chi connectivity index (χ0n) is 13.1. The van der Waals surface area contributed by atoms with E-state index in [0.717, 1.165) is 26.1 Å². The van der Waals surface area contributed by atoms with Crippen LogP contribution >= 0.6 is 0 Å². The molecule has 1 unspecified atom stereocenters. The number of hydrogen-bond donors (Lipinski definition) is 1. The summed E-state index contributed by atoms with van der Waals surface area (Å²) in [5.74, 6) is 0. The first kappa shape index (κ1) is 16.2. The monoisotopic (exact) mass is 262 g/mol. The van der Waals surface area contributed by atoms with Gasteiger partial charge in [-0.3, -0.25) is 0 Å². The maximum Gasteiger partial charge on any atom is 0.0119 e. The summed E-state index contributed by atoms with van der Waals surface area (Å²) < 4.78 is 0. The largest absolute Gasteiger partial charge is 0.314 e. The van der Waals surface area contributed by atoms with Crippen LogP contribution in [0.1, 0.15) is 38.3 Å². The Labute approximate surface area is 119 Å². The van der Waals surface area contributed by atoms with Gasteiger partial charge in [-0.1, -0.05) is 50.6 Å². The average Bonchev–Trinajstić information content (AvgIpc) is 2.40. The van der Waals surface area contributed by atoms with E-state index in [1.165, 1.54) is 24.1 Å². The lowest BCUT2D eigenvalue weighted by molar-refractivity contribution is 0.281. The van der Waals surface area contributed by atoms with Crippen molar-refractivity contribution >= 4 is 0 Å². The molecule has 0 amide bonds. The molecular weight excluding hydrogens is 232 g/mol. The van der Waals surface area contributed by atoms with Crippen molar-refractivity contribution in [3.8, 4) is 0 Å². The van der Waals surface area contributed by atoms with Crippen molar-refractivity contribution < 1.29 is 0 Å². The molecular formula is C17H30N2. The summed E-state index contributed by atoms with van der Waals surface area (Å²) in [7, 11) is 0. The fraction of sp³-hybridized carbons (Fsp3) is 0.647. The molecule has 2 heteroatoms. The normalized spacial score (nSPS) is 12.9. The Balaban J connectivity index is 2.52. The van der Waals surface area contributed by atoms with E-state index in [2.05, 4.69) is 62.2 Å². The second-order valence-corrected chi connectivity index (χ2v) is 5.26. The Morgan fingerprint density at radius 2 is 1.89 bits per heavy atom. The van der Waals surface area contributed by atoms with E-state index >= 15 is 0 Å². The van der Waals surface area contributed by atoms with Crippen molar-refractivity contribution in [2.24, 2.45) is 0 Å². The van der Waals surface area contributed by atoms with E-state index in [1.807, 2.05) is 0 Å². The number of nitrogens with zero attached hydrogens (tertiary/aromatic N) is 1. The molecule has 1 atom stereocenters. The van der Waals surface area contributed by atoms with Gasteiger partial charge in [-0.05, 0) is 51.5 Å². The van der Waals surface area contributed by atoms with Crippen LogP contribution in [0.25, 0.3) is 0 Å². The van der Waals surface area contributed by atoms with Crippen LogP contribution in [-0.4, -0.2) is 37.1 Å². The second kappa shape index (κ2) is 9.11. The number of rotatable bonds is 9. The minimum absolute atomic E-state index is 0.590. The fourth-order valence-corrected chi connectivity index (χ4v) is 2.57. The van der Waals surface area contributed by atoms with Gasteiger partial charge in [0.2, 0.25) is 0 Å². The van der Waals surface area contributed by atoms with E-state index in [9.17, 15) is 0 Å². The molecule has 2 nitrogen and oxygen atoms in total. The smallest absolute Gasteiger partial charge is 0.0119 e. The number of likely N-dealkylation sites (N-methyl/N-ethyl adjacent to an activating group) is 1. The number of nitrogens with one attached hydrogen (secondary N) is 1. The molecule has 108 valence electrons. The van der Waals surface area contributed by atoms with Gasteiger partial charge in [0.15, 0.2) is 0 Å². The van der Waals surface area contributed by atoms with Gasteiger partial charge in [0.05, 0.1) is 0 Å². The Morgan fingerprint density at radius 1 is 1.16 bits per heavy atom. The zero-order chi connectivity index (χ0) is 14.1. The van der Waals surface area contributed by atoms with E-state index in [1.54, 1.807) is 0 Å². The molecule has 0 saturated heterocycles. The quantitative estimate of drug-likeness (QED) is 0.735. The third-order valence-corrected chi connectivity index (χ3v) is 3.75. The van der Waals surface area contributed by atoms with Crippen LogP contribution in [0.4, 0.5) is 0 Å². The van der Waals surface area contributed by atoms with Gasteiger partial charge in [-0.2, -0.15) is 0 Å². The SMILES string of the molecule is CCNC(CCN(CC)CC)Cc1cccc(C)c1. The van der Waals surface area contributed by atoms with E-state index in [0.29, 0.717) is 6.04 Å². The summed E-state index contributed by atoms with van der Waals surface area (Å²) in [6.45, 7) is 13.4. The molecule has 0 heterocycles. The fourth-order valence-electron chi connectivity index (χ4n) is 2.57. The van der Waals surface area contributed by atoms with Crippen LogP contribution < -0.4 is 5.32 Å². The number of aryl methyl sites for hydroxylation is 1. The minimum atomic E-state index is 0.590. The molecule has 1 rings (SSSR count). The highest BCUT2D eigenvalue weighted by Crippen LogP contribution is 2.09. The maximum atomic E-state index is 3.63. The number of hydrogen-bond acceptors (Lipinski definition) is 2. The van der Waals surface area contributed by atoms with Gasteiger partial charge >= 0.3 is 0 Å². The van der Waals surface area contributed by atoms with E-state index in [-0.39, 0.29) is 0 Å². The number of benzene rings is 1. The summed E-state index contributed by atoms with van der Waals surface area (Å²) in [5, 5.41) is 3.63. The lowest BCUT2D eigenvalue weighted by Crippen LogP contribution is -2.35. The molecule has 19 heavy (non-hydrogen) atoms. The third kappa shape index (κ3) is 6.22. The van der Waals surface area contributed by atoms with Gasteiger partial charge in [0, 0.05) is 6.04 Å². The summed E-state index contributed by atoms with van der Waals surface area (Å²) in [6.07, 6.45) is 2.36. The lowest BCUT2D eigenvalue weighted by atomic mass is 10.0. The standard InChI is InChI=1S/C17H30N2/c1-5-18-17(11-12-19(6-2)7-3)14-16-10-8-9-15(4)13-16/h8-10,13,17-18H,5-7,11-12,14H2,1-4H3. The van der Waals surface area contributed by atoms with Crippen LogP contribution in [0.5, 0.6) is 0 Å². The average molecular weight is 262 g/mol. The first-order valence-electron chi connectivity index (χ1n) is 7.70. The Hall–Kier alpha value is -0.860. The first-order valence-corrected chi connectivity index (χ1v) is 7.70. The summed E-state index contributed by atoms with van der Waals surface area (Å²) in [6, 6.07) is 9.48. The highest BCUT2D eigenvalue weighted by molar-refractivity contribution is 5.23. The molecule has 0 saturated carbocycles. The topological polar surface area (TPSA) is 15.3 Å². The predicted octanol–water partition coefficient (Wildman–Crippen LogP) is 3.25. The molecule has 1 aromatic carbocycles. The van der Waals surface area contributed by atoms with Gasteiger partial charge in [0.1, 0.15) is 0 Å². The molecule has 0 bridgehead atoms.